The molecule has 34 heavy (non-hydrogen) atoms. The van der Waals surface area contributed by atoms with Gasteiger partial charge in [0.25, 0.3) is 0 Å². The summed E-state index contributed by atoms with van der Waals surface area (Å²) in [6.45, 7) is 3.76. The van der Waals surface area contributed by atoms with E-state index in [4.69, 9.17) is 4.74 Å². The molecule has 2 unspecified atom stereocenters. The van der Waals surface area contributed by atoms with Gasteiger partial charge in [-0.05, 0) is 75.7 Å². The van der Waals surface area contributed by atoms with E-state index in [2.05, 4.69) is 65.9 Å². The Morgan fingerprint density at radius 1 is 0.853 bits per heavy atom. The van der Waals surface area contributed by atoms with Crippen molar-refractivity contribution < 1.29 is 14.3 Å². The van der Waals surface area contributed by atoms with Gasteiger partial charge in [0.1, 0.15) is 5.75 Å². The van der Waals surface area contributed by atoms with Crippen LogP contribution in [0.1, 0.15) is 23.6 Å². The number of hydrogen-bond acceptors (Lipinski definition) is 3. The van der Waals surface area contributed by atoms with E-state index in [1.54, 1.807) is 12.5 Å². The molecule has 0 saturated heterocycles. The van der Waals surface area contributed by atoms with Gasteiger partial charge in [0.2, 0.25) is 0 Å². The predicted molar refractivity (Wildman–Crippen MR) is 138 cm³/mol. The summed E-state index contributed by atoms with van der Waals surface area (Å²) in [6.07, 6.45) is 5.24. The molecule has 0 spiro atoms. The number of phenolic OH excluding ortho intramolecular Hbond substituents is 1. The molecule has 2 atom stereocenters. The van der Waals surface area contributed by atoms with Crippen LogP contribution in [0.5, 0.6) is 5.75 Å². The first-order chi connectivity index (χ1) is 16.7. The van der Waals surface area contributed by atoms with Gasteiger partial charge in [0, 0.05) is 5.39 Å². The third-order valence-corrected chi connectivity index (χ3v) is 6.89. The van der Waals surface area contributed by atoms with Gasteiger partial charge < -0.3 is 14.3 Å². The SMILES string of the molecule is CC1Cc2c(ccc3c2c(O)cc2ccccc23)CC1COCc1ccccc1.c1ccoc1. The van der Waals surface area contributed by atoms with E-state index in [0.717, 1.165) is 35.6 Å². The molecule has 5 aromatic rings. The van der Waals surface area contributed by atoms with E-state index in [0.29, 0.717) is 24.2 Å². The Hall–Kier alpha value is -3.56. The highest BCUT2D eigenvalue weighted by Crippen LogP contribution is 2.41. The fourth-order valence-electron chi connectivity index (χ4n) is 5.04. The van der Waals surface area contributed by atoms with E-state index in [9.17, 15) is 5.11 Å². The quantitative estimate of drug-likeness (QED) is 0.288. The molecule has 0 fully saturated rings. The number of furan rings is 1. The van der Waals surface area contributed by atoms with Gasteiger partial charge in [-0.25, -0.2) is 0 Å². The van der Waals surface area contributed by atoms with Crippen LogP contribution in [0, 0.1) is 11.8 Å². The zero-order valence-electron chi connectivity index (χ0n) is 19.5. The third kappa shape index (κ3) is 4.71. The molecule has 0 amide bonds. The van der Waals surface area contributed by atoms with E-state index >= 15 is 0 Å². The average molecular weight is 451 g/mol. The molecule has 1 N–H and O–H groups in total. The predicted octanol–water partition coefficient (Wildman–Crippen LogP) is 7.55. The van der Waals surface area contributed by atoms with Gasteiger partial charge in [0.05, 0.1) is 25.7 Å². The van der Waals surface area contributed by atoms with Gasteiger partial charge in [-0.3, -0.25) is 0 Å². The molecule has 0 aliphatic heterocycles. The van der Waals surface area contributed by atoms with Crippen LogP contribution in [-0.2, 0) is 24.2 Å². The Bertz CT molecular complexity index is 1340. The summed E-state index contributed by atoms with van der Waals surface area (Å²) >= 11 is 0. The van der Waals surface area contributed by atoms with Gasteiger partial charge in [0.15, 0.2) is 0 Å². The summed E-state index contributed by atoms with van der Waals surface area (Å²) in [5.74, 6) is 1.43. The van der Waals surface area contributed by atoms with E-state index < -0.39 is 0 Å². The molecule has 172 valence electrons. The van der Waals surface area contributed by atoms with E-state index in [1.165, 1.54) is 22.1 Å². The zero-order valence-corrected chi connectivity index (χ0v) is 19.5. The lowest BCUT2D eigenvalue weighted by Gasteiger charge is -2.32. The van der Waals surface area contributed by atoms with Crippen LogP contribution in [0.2, 0.25) is 0 Å². The molecule has 3 heteroatoms. The Morgan fingerprint density at radius 2 is 1.62 bits per heavy atom. The fraction of sp³-hybridized carbons (Fsp3) is 0.226. The summed E-state index contributed by atoms with van der Waals surface area (Å²) in [6, 6.07) is 28.7. The molecule has 0 saturated carbocycles. The van der Waals surface area contributed by atoms with Gasteiger partial charge in [-0.1, -0.05) is 73.7 Å². The van der Waals surface area contributed by atoms with Crippen LogP contribution in [0.3, 0.4) is 0 Å². The van der Waals surface area contributed by atoms with Crippen molar-refractivity contribution in [3.8, 4) is 5.75 Å². The van der Waals surface area contributed by atoms with Crippen molar-refractivity contribution in [1.29, 1.82) is 0 Å². The Labute approximate surface area is 200 Å². The first-order valence-electron chi connectivity index (χ1n) is 11.9. The second-order valence-electron chi connectivity index (χ2n) is 9.18. The monoisotopic (exact) mass is 450 g/mol. The minimum Gasteiger partial charge on any atom is -0.507 e. The molecule has 4 aromatic carbocycles. The number of rotatable bonds is 4. The van der Waals surface area contributed by atoms with E-state index in [1.807, 2.05) is 30.3 Å². The molecular formula is C31H30O3. The molecule has 1 aliphatic rings. The first-order valence-corrected chi connectivity index (χ1v) is 11.9. The Morgan fingerprint density at radius 3 is 2.38 bits per heavy atom. The van der Waals surface area contributed by atoms with Crippen molar-refractivity contribution >= 4 is 21.5 Å². The van der Waals surface area contributed by atoms with Crippen LogP contribution < -0.4 is 0 Å². The Balaban J connectivity index is 0.000000429. The number of aromatic hydroxyl groups is 1. The highest BCUT2D eigenvalue weighted by atomic mass is 16.5. The lowest BCUT2D eigenvalue weighted by atomic mass is 9.75. The maximum absolute atomic E-state index is 10.8. The van der Waals surface area contributed by atoms with Crippen molar-refractivity contribution in [3.05, 3.63) is 114 Å². The van der Waals surface area contributed by atoms with Crippen molar-refractivity contribution in [1.82, 2.24) is 0 Å². The number of hydrogen-bond donors (Lipinski definition) is 1. The standard InChI is InChI=1S/C27H26O2.C4H4O/c1-18-13-25-21(14-22(18)17-29-16-19-7-3-2-4-8-19)11-12-24-23-10-6-5-9-20(23)15-26(28)27(24)25;1-2-4-5-3-1/h2-12,15,18,22,28H,13-14,16-17H2,1H3;1-4H. The largest absolute Gasteiger partial charge is 0.507 e. The molecule has 1 aliphatic carbocycles. The van der Waals surface area contributed by atoms with Gasteiger partial charge in [-0.2, -0.15) is 0 Å². The smallest absolute Gasteiger partial charge is 0.124 e. The maximum Gasteiger partial charge on any atom is 0.124 e. The maximum atomic E-state index is 10.8. The van der Waals surface area contributed by atoms with E-state index in [-0.39, 0.29) is 0 Å². The number of phenols is 1. The summed E-state index contributed by atoms with van der Waals surface area (Å²) in [5, 5.41) is 15.3. The highest BCUT2D eigenvalue weighted by molar-refractivity contribution is 6.11. The van der Waals surface area contributed by atoms with Crippen LogP contribution in [0.15, 0.2) is 102 Å². The number of ether oxygens (including phenoxy) is 1. The first kappa shape index (κ1) is 22.2. The molecule has 6 rings (SSSR count). The van der Waals surface area contributed by atoms with Crippen LogP contribution in [0.4, 0.5) is 0 Å². The minimum absolute atomic E-state index is 0.404. The summed E-state index contributed by atoms with van der Waals surface area (Å²) in [4.78, 5) is 0. The summed E-state index contributed by atoms with van der Waals surface area (Å²) < 4.78 is 10.6. The molecular weight excluding hydrogens is 420 g/mol. The molecule has 1 heterocycles. The highest BCUT2D eigenvalue weighted by Gasteiger charge is 2.28. The van der Waals surface area contributed by atoms with Gasteiger partial charge in [-0.15, -0.1) is 0 Å². The fourth-order valence-corrected chi connectivity index (χ4v) is 5.04. The summed E-state index contributed by atoms with van der Waals surface area (Å²) in [5.41, 5.74) is 3.89. The minimum atomic E-state index is 0.404. The van der Waals surface area contributed by atoms with Crippen LogP contribution >= 0.6 is 0 Å². The Kier molecular flexibility index (Phi) is 6.64. The van der Waals surface area contributed by atoms with Crippen molar-refractivity contribution in [2.75, 3.05) is 6.61 Å². The lowest BCUT2D eigenvalue weighted by Crippen LogP contribution is -2.27. The lowest BCUT2D eigenvalue weighted by molar-refractivity contribution is 0.0658. The molecule has 0 radical (unpaired) electrons. The number of fused-ring (bicyclic) bond motifs is 5. The zero-order chi connectivity index (χ0) is 23.3. The molecule has 1 aromatic heterocycles. The van der Waals surface area contributed by atoms with Gasteiger partial charge >= 0.3 is 0 Å². The summed E-state index contributed by atoms with van der Waals surface area (Å²) in [7, 11) is 0. The van der Waals surface area contributed by atoms with Crippen molar-refractivity contribution in [3.63, 3.8) is 0 Å². The van der Waals surface area contributed by atoms with Crippen LogP contribution in [-0.4, -0.2) is 11.7 Å². The molecule has 3 nitrogen and oxygen atoms in total. The third-order valence-electron chi connectivity index (χ3n) is 6.89. The topological polar surface area (TPSA) is 42.6 Å². The second kappa shape index (κ2) is 10.1. The van der Waals surface area contributed by atoms with Crippen LogP contribution in [0.25, 0.3) is 21.5 Å². The number of benzene rings is 4. The van der Waals surface area contributed by atoms with Crippen molar-refractivity contribution in [2.24, 2.45) is 11.8 Å². The molecule has 0 bridgehead atoms. The normalized spacial score (nSPS) is 17.2. The van der Waals surface area contributed by atoms with Crippen molar-refractivity contribution in [2.45, 2.75) is 26.4 Å². The average Bonchev–Trinajstić information content (AvgIpc) is 3.45. The second-order valence-corrected chi connectivity index (χ2v) is 9.18.